The van der Waals surface area contributed by atoms with Crippen LogP contribution < -0.4 is 0 Å². The molecule has 0 fully saturated rings. The van der Waals surface area contributed by atoms with Gasteiger partial charge >= 0.3 is 0 Å². The zero-order valence-corrected chi connectivity index (χ0v) is 13.3. The van der Waals surface area contributed by atoms with Gasteiger partial charge in [-0.2, -0.15) is 0 Å². The molecule has 0 aromatic heterocycles. The van der Waals surface area contributed by atoms with Gasteiger partial charge in [-0.05, 0) is 41.8 Å². The van der Waals surface area contributed by atoms with Gasteiger partial charge in [0.2, 0.25) is 0 Å². The van der Waals surface area contributed by atoms with Crippen molar-refractivity contribution in [3.63, 3.8) is 0 Å². The van der Waals surface area contributed by atoms with Gasteiger partial charge in [0, 0.05) is 8.95 Å². The van der Waals surface area contributed by atoms with E-state index in [4.69, 9.17) is 11.6 Å². The number of hydrogen-bond donors (Lipinski definition) is 0. The Balaban J connectivity index is 2.16. The molecule has 0 aliphatic heterocycles. The highest BCUT2D eigenvalue weighted by Crippen LogP contribution is 2.32. The summed E-state index contributed by atoms with van der Waals surface area (Å²) in [6.45, 7) is 0. The highest BCUT2D eigenvalue weighted by atomic mass is 79.9. The molecule has 0 aliphatic carbocycles. The third-order valence-corrected chi connectivity index (χ3v) is 4.20. The van der Waals surface area contributed by atoms with Crippen molar-refractivity contribution in [1.29, 1.82) is 0 Å². The van der Waals surface area contributed by atoms with Crippen molar-refractivity contribution in [2.24, 2.45) is 0 Å². The molecule has 0 amide bonds. The van der Waals surface area contributed by atoms with Crippen LogP contribution in [0.15, 0.2) is 51.4 Å². The van der Waals surface area contributed by atoms with Crippen LogP contribution in [0, 0.1) is 5.82 Å². The van der Waals surface area contributed by atoms with Crippen LogP contribution in [0.1, 0.15) is 16.5 Å². The molecule has 4 heteroatoms. The third-order valence-electron chi connectivity index (χ3n) is 2.63. The second kappa shape index (κ2) is 6.18. The zero-order chi connectivity index (χ0) is 13.1. The average molecular weight is 392 g/mol. The van der Waals surface area contributed by atoms with Crippen molar-refractivity contribution in [2.45, 2.75) is 11.8 Å². The molecule has 18 heavy (non-hydrogen) atoms. The van der Waals surface area contributed by atoms with Crippen molar-refractivity contribution in [1.82, 2.24) is 0 Å². The van der Waals surface area contributed by atoms with E-state index < -0.39 is 0 Å². The van der Waals surface area contributed by atoms with Crippen LogP contribution in [-0.4, -0.2) is 0 Å². The molecule has 0 spiro atoms. The smallest absolute Gasteiger partial charge is 0.123 e. The van der Waals surface area contributed by atoms with Crippen LogP contribution in [0.4, 0.5) is 4.39 Å². The van der Waals surface area contributed by atoms with Crippen LogP contribution in [0.2, 0.25) is 0 Å². The lowest BCUT2D eigenvalue weighted by molar-refractivity contribution is 0.627. The molecule has 0 bridgehead atoms. The molecule has 0 nitrogen and oxygen atoms in total. The summed E-state index contributed by atoms with van der Waals surface area (Å²) in [5.41, 5.74) is 2.05. The first-order chi connectivity index (χ1) is 8.56. The molecule has 0 radical (unpaired) electrons. The first kappa shape index (κ1) is 14.0. The zero-order valence-electron chi connectivity index (χ0n) is 9.34. The summed E-state index contributed by atoms with van der Waals surface area (Å²) in [4.78, 5) is 0. The lowest BCUT2D eigenvalue weighted by atomic mass is 10.0. The van der Waals surface area contributed by atoms with Crippen molar-refractivity contribution in [3.05, 3.63) is 68.4 Å². The Kier molecular flexibility index (Phi) is 4.82. The SMILES string of the molecule is Fc1ccc(CC(Cl)c2ccc(Br)cc2Br)cc1. The molecule has 0 saturated carbocycles. The van der Waals surface area contributed by atoms with E-state index >= 15 is 0 Å². The summed E-state index contributed by atoms with van der Waals surface area (Å²) in [6.07, 6.45) is 0.669. The molecule has 1 atom stereocenters. The molecular formula is C14H10Br2ClF. The number of halogens is 4. The van der Waals surface area contributed by atoms with E-state index in [1.54, 1.807) is 12.1 Å². The Bertz CT molecular complexity index is 540. The van der Waals surface area contributed by atoms with Gasteiger partial charge in [0.15, 0.2) is 0 Å². The predicted octanol–water partition coefficient (Wildman–Crippen LogP) is 5.87. The van der Waals surface area contributed by atoms with Gasteiger partial charge in [-0.3, -0.25) is 0 Å². The van der Waals surface area contributed by atoms with E-state index in [9.17, 15) is 4.39 Å². The average Bonchev–Trinajstić information content (AvgIpc) is 2.32. The van der Waals surface area contributed by atoms with Crippen molar-refractivity contribution >= 4 is 43.5 Å². The van der Waals surface area contributed by atoms with E-state index in [1.807, 2.05) is 18.2 Å². The molecule has 0 N–H and O–H groups in total. The Morgan fingerprint density at radius 1 is 1.06 bits per heavy atom. The predicted molar refractivity (Wildman–Crippen MR) is 80.5 cm³/mol. The fourth-order valence-electron chi connectivity index (χ4n) is 1.69. The minimum Gasteiger partial charge on any atom is -0.207 e. The first-order valence-electron chi connectivity index (χ1n) is 5.40. The molecule has 0 saturated heterocycles. The Hall–Kier alpha value is -0.380. The van der Waals surface area contributed by atoms with Crippen molar-refractivity contribution in [3.8, 4) is 0 Å². The van der Waals surface area contributed by atoms with E-state index in [2.05, 4.69) is 31.9 Å². The Morgan fingerprint density at radius 2 is 1.72 bits per heavy atom. The largest absolute Gasteiger partial charge is 0.207 e. The van der Waals surface area contributed by atoms with E-state index in [1.165, 1.54) is 12.1 Å². The fraction of sp³-hybridized carbons (Fsp3) is 0.143. The topological polar surface area (TPSA) is 0 Å². The van der Waals surface area contributed by atoms with Gasteiger partial charge in [-0.1, -0.05) is 50.1 Å². The van der Waals surface area contributed by atoms with Crippen LogP contribution >= 0.6 is 43.5 Å². The van der Waals surface area contributed by atoms with E-state index in [-0.39, 0.29) is 11.2 Å². The number of alkyl halides is 1. The van der Waals surface area contributed by atoms with E-state index in [0.717, 1.165) is 20.1 Å². The van der Waals surface area contributed by atoms with Gasteiger partial charge < -0.3 is 0 Å². The molecule has 2 aromatic carbocycles. The molecule has 1 unspecified atom stereocenters. The number of rotatable bonds is 3. The first-order valence-corrected chi connectivity index (χ1v) is 7.42. The molecule has 2 rings (SSSR count). The standard InChI is InChI=1S/C14H10Br2ClF/c15-10-3-6-12(13(16)8-10)14(17)7-9-1-4-11(18)5-2-9/h1-6,8,14H,7H2. The van der Waals surface area contributed by atoms with Crippen LogP contribution in [-0.2, 0) is 6.42 Å². The maximum atomic E-state index is 12.8. The van der Waals surface area contributed by atoms with Crippen LogP contribution in [0.3, 0.4) is 0 Å². The van der Waals surface area contributed by atoms with Crippen molar-refractivity contribution < 1.29 is 4.39 Å². The van der Waals surface area contributed by atoms with Crippen LogP contribution in [0.5, 0.6) is 0 Å². The Morgan fingerprint density at radius 3 is 2.33 bits per heavy atom. The highest BCUT2D eigenvalue weighted by Gasteiger charge is 2.12. The van der Waals surface area contributed by atoms with Crippen molar-refractivity contribution in [2.75, 3.05) is 0 Å². The second-order valence-corrected chi connectivity index (χ2v) is 6.26. The maximum Gasteiger partial charge on any atom is 0.123 e. The van der Waals surface area contributed by atoms with E-state index in [0.29, 0.717) is 6.42 Å². The van der Waals surface area contributed by atoms with Gasteiger partial charge in [0.1, 0.15) is 5.82 Å². The fourth-order valence-corrected chi connectivity index (χ4v) is 3.52. The summed E-state index contributed by atoms with van der Waals surface area (Å²) in [5.74, 6) is -0.227. The van der Waals surface area contributed by atoms with Crippen LogP contribution in [0.25, 0.3) is 0 Å². The summed E-state index contributed by atoms with van der Waals surface area (Å²) < 4.78 is 14.8. The summed E-state index contributed by atoms with van der Waals surface area (Å²) in [7, 11) is 0. The quantitative estimate of drug-likeness (QED) is 0.573. The highest BCUT2D eigenvalue weighted by molar-refractivity contribution is 9.11. The summed E-state index contributed by atoms with van der Waals surface area (Å²) in [6, 6.07) is 12.3. The number of benzene rings is 2. The van der Waals surface area contributed by atoms with Gasteiger partial charge in [0.05, 0.1) is 5.38 Å². The Labute approximate surface area is 127 Å². The summed E-state index contributed by atoms with van der Waals surface area (Å²) in [5, 5.41) is -0.141. The molecule has 94 valence electrons. The minimum absolute atomic E-state index is 0.141. The summed E-state index contributed by atoms with van der Waals surface area (Å²) >= 11 is 13.3. The normalized spacial score (nSPS) is 12.4. The molecule has 0 aliphatic rings. The lowest BCUT2D eigenvalue weighted by Crippen LogP contribution is -1.97. The second-order valence-electron chi connectivity index (χ2n) is 3.96. The number of hydrogen-bond acceptors (Lipinski definition) is 0. The molecular weight excluding hydrogens is 382 g/mol. The monoisotopic (exact) mass is 390 g/mol. The van der Waals surface area contributed by atoms with Gasteiger partial charge in [-0.25, -0.2) is 4.39 Å². The lowest BCUT2D eigenvalue weighted by Gasteiger charge is -2.12. The molecule has 2 aromatic rings. The maximum absolute atomic E-state index is 12.8. The van der Waals surface area contributed by atoms with Gasteiger partial charge in [-0.15, -0.1) is 11.6 Å². The molecule has 0 heterocycles. The third kappa shape index (κ3) is 3.56. The minimum atomic E-state index is -0.227. The van der Waals surface area contributed by atoms with Gasteiger partial charge in [0.25, 0.3) is 0 Å².